The van der Waals surface area contributed by atoms with Gasteiger partial charge in [0.1, 0.15) is 6.10 Å². The molecule has 0 aromatic rings. The number of hydrogen-bond donors (Lipinski definition) is 1. The Balaban J connectivity index is 0.000000640. The van der Waals surface area contributed by atoms with Crippen LogP contribution in [-0.4, -0.2) is 6.10 Å². The van der Waals surface area contributed by atoms with Crippen LogP contribution in [0.5, 0.6) is 0 Å². The van der Waals surface area contributed by atoms with Gasteiger partial charge in [0, 0.05) is 0 Å². The zero-order chi connectivity index (χ0) is 6.20. The van der Waals surface area contributed by atoms with E-state index in [1.54, 1.807) is 0 Å². The van der Waals surface area contributed by atoms with Crippen LogP contribution in [-0.2, 0) is 4.84 Å². The molecule has 0 aliphatic heterocycles. The lowest BCUT2D eigenvalue weighted by molar-refractivity contribution is -0.708. The predicted octanol–water partition coefficient (Wildman–Crippen LogP) is -2.65. The van der Waals surface area contributed by atoms with Gasteiger partial charge in [-0.1, -0.05) is 13.8 Å². The van der Waals surface area contributed by atoms with Crippen molar-refractivity contribution in [2.45, 2.75) is 32.8 Å². The van der Waals surface area contributed by atoms with Crippen molar-refractivity contribution in [3.8, 4) is 0 Å². The number of halogens is 1. The Morgan fingerprint density at radius 3 is 2.00 bits per heavy atom. The summed E-state index contributed by atoms with van der Waals surface area (Å²) in [5.74, 6) is 3.37. The molecular formula is C6H14ClNO. The Labute approximate surface area is 62.1 Å². The van der Waals surface area contributed by atoms with Gasteiger partial charge in [-0.15, -0.1) is 0 Å². The van der Waals surface area contributed by atoms with E-state index in [2.05, 4.69) is 19.7 Å². The summed E-state index contributed by atoms with van der Waals surface area (Å²) in [6, 6.07) is 0. The van der Waals surface area contributed by atoms with Gasteiger partial charge in [0.05, 0.1) is 0 Å². The molecule has 3 N–H and O–H groups in total. The van der Waals surface area contributed by atoms with E-state index in [0.29, 0.717) is 11.5 Å². The fourth-order valence-corrected chi connectivity index (χ4v) is 1.29. The molecule has 56 valence electrons. The van der Waals surface area contributed by atoms with Crippen LogP contribution in [0.25, 0.3) is 0 Å². The van der Waals surface area contributed by atoms with E-state index < -0.39 is 0 Å². The third-order valence-electron chi connectivity index (χ3n) is 1.80. The summed E-state index contributed by atoms with van der Waals surface area (Å²) < 4.78 is 0. The van der Waals surface area contributed by atoms with Gasteiger partial charge < -0.3 is 12.4 Å². The summed E-state index contributed by atoms with van der Waals surface area (Å²) in [5, 5.41) is 0. The minimum absolute atomic E-state index is 0. The lowest BCUT2D eigenvalue weighted by atomic mass is 9.70. The summed E-state index contributed by atoms with van der Waals surface area (Å²) in [7, 11) is 0. The highest BCUT2D eigenvalue weighted by Gasteiger charge is 2.37. The van der Waals surface area contributed by atoms with Crippen molar-refractivity contribution >= 4 is 0 Å². The van der Waals surface area contributed by atoms with Crippen molar-refractivity contribution < 1.29 is 23.1 Å². The van der Waals surface area contributed by atoms with Crippen molar-refractivity contribution in [1.29, 1.82) is 0 Å². The van der Waals surface area contributed by atoms with E-state index in [4.69, 9.17) is 4.84 Å². The third-order valence-corrected chi connectivity index (χ3v) is 1.80. The smallest absolute Gasteiger partial charge is 0.118 e. The summed E-state index contributed by atoms with van der Waals surface area (Å²) in [4.78, 5) is 4.87. The quantitative estimate of drug-likeness (QED) is 0.409. The van der Waals surface area contributed by atoms with E-state index >= 15 is 0 Å². The van der Waals surface area contributed by atoms with Crippen LogP contribution in [0.2, 0.25) is 0 Å². The Bertz CT molecular complexity index is 87.1. The SMILES string of the molecule is CC1(C)CC(O[NH3+])C1.[Cl-]. The summed E-state index contributed by atoms with van der Waals surface area (Å²) in [5.41, 5.74) is 0.530. The second kappa shape index (κ2) is 2.86. The second-order valence-corrected chi connectivity index (χ2v) is 3.36. The maximum absolute atomic E-state index is 4.87. The van der Waals surface area contributed by atoms with Crippen LogP contribution in [0.4, 0.5) is 0 Å². The molecule has 1 saturated carbocycles. The van der Waals surface area contributed by atoms with Gasteiger partial charge in [-0.3, -0.25) is 0 Å². The Morgan fingerprint density at radius 2 is 1.89 bits per heavy atom. The van der Waals surface area contributed by atoms with Crippen LogP contribution < -0.4 is 18.3 Å². The van der Waals surface area contributed by atoms with Crippen molar-refractivity contribution in [1.82, 2.24) is 0 Å². The van der Waals surface area contributed by atoms with Crippen molar-refractivity contribution in [3.63, 3.8) is 0 Å². The molecule has 9 heavy (non-hydrogen) atoms. The molecule has 0 spiro atoms. The average Bonchev–Trinajstić information content (AvgIpc) is 1.60. The molecule has 0 atom stereocenters. The van der Waals surface area contributed by atoms with Crippen molar-refractivity contribution in [3.05, 3.63) is 0 Å². The lowest BCUT2D eigenvalue weighted by Gasteiger charge is -2.39. The Morgan fingerprint density at radius 1 is 1.44 bits per heavy atom. The number of rotatable bonds is 1. The maximum atomic E-state index is 4.87. The summed E-state index contributed by atoms with van der Waals surface area (Å²) in [6.45, 7) is 4.50. The first-order valence-electron chi connectivity index (χ1n) is 3.05. The Hall–Kier alpha value is 0.210. The largest absolute Gasteiger partial charge is 1.00 e. The molecule has 3 heteroatoms. The van der Waals surface area contributed by atoms with Gasteiger partial charge in [0.2, 0.25) is 0 Å². The standard InChI is InChI=1S/C6H14NO.ClH/c1-6(2)3-5(4-6)8-7;/h5H,3-4H2,1-2,7H3;1H/q+1;/p-1. The van der Waals surface area contributed by atoms with Crippen LogP contribution >= 0.6 is 0 Å². The van der Waals surface area contributed by atoms with Gasteiger partial charge >= 0.3 is 0 Å². The molecule has 1 rings (SSSR count). The molecule has 0 heterocycles. The lowest BCUT2D eigenvalue weighted by Crippen LogP contribution is -3.00. The molecule has 0 bridgehead atoms. The molecular weight excluding hydrogens is 138 g/mol. The van der Waals surface area contributed by atoms with E-state index in [9.17, 15) is 0 Å². The molecule has 0 radical (unpaired) electrons. The van der Waals surface area contributed by atoms with Crippen molar-refractivity contribution in [2.24, 2.45) is 5.41 Å². The first kappa shape index (κ1) is 9.21. The van der Waals surface area contributed by atoms with Crippen molar-refractivity contribution in [2.75, 3.05) is 0 Å². The van der Waals surface area contributed by atoms with E-state index in [1.807, 2.05) is 0 Å². The van der Waals surface area contributed by atoms with Crippen LogP contribution in [0, 0.1) is 5.41 Å². The highest BCUT2D eigenvalue weighted by Crippen LogP contribution is 2.40. The molecule has 2 nitrogen and oxygen atoms in total. The molecule has 0 aromatic heterocycles. The fraction of sp³-hybridized carbons (Fsp3) is 1.00. The first-order valence-corrected chi connectivity index (χ1v) is 3.05. The van der Waals surface area contributed by atoms with Gasteiger partial charge in [-0.25, -0.2) is 10.7 Å². The fourth-order valence-electron chi connectivity index (χ4n) is 1.29. The minimum Gasteiger partial charge on any atom is -1.00 e. The maximum Gasteiger partial charge on any atom is 0.118 e. The van der Waals surface area contributed by atoms with E-state index in [-0.39, 0.29) is 12.4 Å². The van der Waals surface area contributed by atoms with E-state index in [0.717, 1.165) is 0 Å². The first-order chi connectivity index (χ1) is 3.64. The van der Waals surface area contributed by atoms with Gasteiger partial charge in [0.25, 0.3) is 0 Å². The third kappa shape index (κ3) is 2.12. The highest BCUT2D eigenvalue weighted by molar-refractivity contribution is 4.86. The van der Waals surface area contributed by atoms with E-state index in [1.165, 1.54) is 12.8 Å². The van der Waals surface area contributed by atoms with Gasteiger partial charge in [-0.05, 0) is 18.3 Å². The second-order valence-electron chi connectivity index (χ2n) is 3.36. The van der Waals surface area contributed by atoms with Crippen LogP contribution in [0.1, 0.15) is 26.7 Å². The monoisotopic (exact) mass is 151 g/mol. The zero-order valence-electron chi connectivity index (χ0n) is 5.98. The summed E-state index contributed by atoms with van der Waals surface area (Å²) in [6.07, 6.45) is 2.80. The molecule has 1 aliphatic carbocycles. The van der Waals surface area contributed by atoms with Crippen LogP contribution in [0.15, 0.2) is 0 Å². The van der Waals surface area contributed by atoms with Crippen LogP contribution in [0.3, 0.4) is 0 Å². The summed E-state index contributed by atoms with van der Waals surface area (Å²) >= 11 is 0. The molecule has 0 amide bonds. The molecule has 0 unspecified atom stereocenters. The molecule has 0 aromatic carbocycles. The molecule has 0 saturated heterocycles. The minimum atomic E-state index is 0. The topological polar surface area (TPSA) is 36.9 Å². The van der Waals surface area contributed by atoms with Gasteiger partial charge in [-0.2, -0.15) is 0 Å². The highest BCUT2D eigenvalue weighted by atomic mass is 35.5. The molecule has 1 fully saturated rings. The average molecular weight is 152 g/mol. The normalized spacial score (nSPS) is 24.3. The number of hydrogen-bond acceptors (Lipinski definition) is 1. The zero-order valence-corrected chi connectivity index (χ0v) is 6.74. The Kier molecular flexibility index (Phi) is 2.93. The number of quaternary nitrogens is 1. The predicted molar refractivity (Wildman–Crippen MR) is 30.8 cm³/mol. The van der Waals surface area contributed by atoms with Gasteiger partial charge in [0.15, 0.2) is 0 Å². The molecule has 1 aliphatic rings.